The van der Waals surface area contributed by atoms with Gasteiger partial charge in [0.2, 0.25) is 10.0 Å². The van der Waals surface area contributed by atoms with Gasteiger partial charge in [0.25, 0.3) is 11.6 Å². The van der Waals surface area contributed by atoms with E-state index in [1.165, 1.54) is 33.5 Å². The third-order valence-corrected chi connectivity index (χ3v) is 7.79. The van der Waals surface area contributed by atoms with Crippen LogP contribution in [0.4, 0.5) is 10.1 Å². The molecule has 0 spiro atoms. The van der Waals surface area contributed by atoms with Crippen LogP contribution in [0.2, 0.25) is 0 Å². The van der Waals surface area contributed by atoms with Gasteiger partial charge in [-0.05, 0) is 18.2 Å². The maximum atomic E-state index is 14.0. The molecule has 0 N–H and O–H groups in total. The van der Waals surface area contributed by atoms with E-state index >= 15 is 0 Å². The van der Waals surface area contributed by atoms with Gasteiger partial charge >= 0.3 is 0 Å². The number of carbonyl (C=O) groups excluding carboxylic acids is 1. The van der Waals surface area contributed by atoms with Gasteiger partial charge in [-0.3, -0.25) is 14.9 Å². The van der Waals surface area contributed by atoms with Crippen LogP contribution in [-0.2, 0) is 10.0 Å². The monoisotopic (exact) mass is 476 g/mol. The second-order valence-corrected chi connectivity index (χ2v) is 9.76. The van der Waals surface area contributed by atoms with Gasteiger partial charge in [0.1, 0.15) is 16.5 Å². The largest absolute Gasteiger partial charge is 0.335 e. The molecule has 32 heavy (non-hydrogen) atoms. The van der Waals surface area contributed by atoms with Gasteiger partial charge in [0.15, 0.2) is 0 Å². The van der Waals surface area contributed by atoms with E-state index in [0.717, 1.165) is 17.4 Å². The number of nitrogens with zero attached hydrogens (tertiary/aromatic N) is 4. The Morgan fingerprint density at radius 3 is 2.50 bits per heavy atom. The predicted octanol–water partition coefficient (Wildman–Crippen LogP) is 3.00. The van der Waals surface area contributed by atoms with Crippen LogP contribution in [0, 0.1) is 15.9 Å². The lowest BCUT2D eigenvalue weighted by Crippen LogP contribution is -2.50. The van der Waals surface area contributed by atoms with Crippen molar-refractivity contribution < 1.29 is 22.5 Å². The van der Waals surface area contributed by atoms with Gasteiger partial charge in [-0.25, -0.2) is 17.8 Å². The Balaban J connectivity index is 1.45. The second kappa shape index (κ2) is 8.73. The van der Waals surface area contributed by atoms with Crippen LogP contribution in [0.5, 0.6) is 0 Å². The van der Waals surface area contributed by atoms with E-state index in [1.807, 2.05) is 0 Å². The molecule has 0 aliphatic carbocycles. The summed E-state index contributed by atoms with van der Waals surface area (Å²) in [4.78, 5) is 28.7. The topological polar surface area (TPSA) is 114 Å². The summed E-state index contributed by atoms with van der Waals surface area (Å²) in [7, 11) is -3.93. The molecular weight excluding hydrogens is 459 g/mol. The molecule has 0 unspecified atom stereocenters. The molecule has 0 saturated carbocycles. The number of amides is 1. The number of aromatic nitrogens is 1. The summed E-state index contributed by atoms with van der Waals surface area (Å²) in [5, 5.41) is 12.9. The third kappa shape index (κ3) is 4.24. The normalized spacial score (nSPS) is 15.0. The molecule has 1 aromatic heterocycles. The van der Waals surface area contributed by atoms with E-state index in [0.29, 0.717) is 10.6 Å². The van der Waals surface area contributed by atoms with Crippen LogP contribution in [-0.4, -0.2) is 59.6 Å². The summed E-state index contributed by atoms with van der Waals surface area (Å²) >= 11 is 1.15. The van der Waals surface area contributed by atoms with Crippen molar-refractivity contribution in [3.63, 3.8) is 0 Å². The number of thiazole rings is 1. The Morgan fingerprint density at radius 1 is 1.09 bits per heavy atom. The Hall–Kier alpha value is -3.22. The Morgan fingerprint density at radius 2 is 1.81 bits per heavy atom. The molecule has 1 aliphatic rings. The summed E-state index contributed by atoms with van der Waals surface area (Å²) in [5.74, 6) is -0.794. The zero-order valence-corrected chi connectivity index (χ0v) is 18.2. The fraction of sp³-hybridized carbons (Fsp3) is 0.200. The molecule has 1 aliphatic heterocycles. The Bertz CT molecular complexity index is 1290. The lowest BCUT2D eigenvalue weighted by Gasteiger charge is -2.33. The Labute approximate surface area is 186 Å². The number of benzene rings is 2. The average Bonchev–Trinajstić information content (AvgIpc) is 3.29. The van der Waals surface area contributed by atoms with Crippen molar-refractivity contribution in [1.29, 1.82) is 0 Å². The zero-order valence-electron chi connectivity index (χ0n) is 16.5. The summed E-state index contributed by atoms with van der Waals surface area (Å²) in [6.45, 7) is 0.362. The smallest absolute Gasteiger partial charge is 0.273 e. The maximum Gasteiger partial charge on any atom is 0.273 e. The number of rotatable bonds is 5. The molecule has 0 bridgehead atoms. The maximum absolute atomic E-state index is 14.0. The van der Waals surface area contributed by atoms with E-state index in [4.69, 9.17) is 0 Å². The van der Waals surface area contributed by atoms with Crippen LogP contribution >= 0.6 is 11.3 Å². The molecule has 0 radical (unpaired) electrons. The molecule has 2 heterocycles. The first-order chi connectivity index (χ1) is 15.3. The molecule has 2 aromatic carbocycles. The number of sulfonamides is 1. The van der Waals surface area contributed by atoms with Gasteiger partial charge in [-0.15, -0.1) is 11.3 Å². The van der Waals surface area contributed by atoms with E-state index in [2.05, 4.69) is 4.98 Å². The van der Waals surface area contributed by atoms with Crippen molar-refractivity contribution in [2.75, 3.05) is 26.2 Å². The molecule has 1 saturated heterocycles. The minimum absolute atomic E-state index is 0.0427. The van der Waals surface area contributed by atoms with Crippen molar-refractivity contribution in [1.82, 2.24) is 14.2 Å². The summed E-state index contributed by atoms with van der Waals surface area (Å²) in [6, 6.07) is 11.0. The molecule has 166 valence electrons. The fourth-order valence-electron chi connectivity index (χ4n) is 3.33. The number of piperazine rings is 1. The highest BCUT2D eigenvalue weighted by Crippen LogP contribution is 2.27. The average molecular weight is 477 g/mol. The highest BCUT2D eigenvalue weighted by molar-refractivity contribution is 7.89. The first-order valence-electron chi connectivity index (χ1n) is 9.51. The molecule has 3 aromatic rings. The van der Waals surface area contributed by atoms with Crippen molar-refractivity contribution in [2.45, 2.75) is 4.90 Å². The van der Waals surface area contributed by atoms with Crippen molar-refractivity contribution in [3.8, 4) is 10.6 Å². The number of hydrogen-bond donors (Lipinski definition) is 0. The molecule has 4 rings (SSSR count). The minimum Gasteiger partial charge on any atom is -0.335 e. The van der Waals surface area contributed by atoms with Crippen molar-refractivity contribution >= 4 is 33.0 Å². The summed E-state index contributed by atoms with van der Waals surface area (Å²) < 4.78 is 40.9. The zero-order chi connectivity index (χ0) is 22.9. The van der Waals surface area contributed by atoms with Crippen LogP contribution in [0.1, 0.15) is 10.5 Å². The van der Waals surface area contributed by atoms with Crippen LogP contribution < -0.4 is 0 Å². The van der Waals surface area contributed by atoms with Gasteiger partial charge in [-0.2, -0.15) is 4.31 Å². The minimum atomic E-state index is -3.93. The fourth-order valence-corrected chi connectivity index (χ4v) is 5.61. The lowest BCUT2D eigenvalue weighted by molar-refractivity contribution is -0.385. The van der Waals surface area contributed by atoms with E-state index in [-0.39, 0.29) is 48.4 Å². The molecular formula is C20H17FN4O5S2. The number of hydrogen-bond acceptors (Lipinski definition) is 7. The van der Waals surface area contributed by atoms with Crippen LogP contribution in [0.15, 0.2) is 58.8 Å². The van der Waals surface area contributed by atoms with E-state index in [1.54, 1.807) is 23.6 Å². The van der Waals surface area contributed by atoms with E-state index < -0.39 is 20.8 Å². The number of carbonyl (C=O) groups is 1. The predicted molar refractivity (Wildman–Crippen MR) is 115 cm³/mol. The second-order valence-electron chi connectivity index (χ2n) is 6.97. The van der Waals surface area contributed by atoms with E-state index in [9.17, 15) is 27.7 Å². The third-order valence-electron chi connectivity index (χ3n) is 5.02. The first kappa shape index (κ1) is 22.0. The first-order valence-corrected chi connectivity index (χ1v) is 11.8. The highest BCUT2D eigenvalue weighted by Gasteiger charge is 2.32. The summed E-state index contributed by atoms with van der Waals surface area (Å²) in [6.07, 6.45) is 0. The number of non-ortho nitro benzene ring substituents is 1. The summed E-state index contributed by atoms with van der Waals surface area (Å²) in [5.41, 5.74) is 0.168. The molecule has 1 fully saturated rings. The molecule has 12 heteroatoms. The molecule has 9 nitrogen and oxygen atoms in total. The number of nitro groups is 1. The van der Waals surface area contributed by atoms with Gasteiger partial charge < -0.3 is 4.90 Å². The van der Waals surface area contributed by atoms with Crippen molar-refractivity contribution in [3.05, 3.63) is 75.5 Å². The standard InChI is InChI=1S/C20H17FN4O5S2/c21-17-7-2-1-6-16(17)19-22-18(13-31-19)20(26)23-8-10-24(11-9-23)32(29,30)15-5-3-4-14(12-15)25(27)28/h1-7,12-13H,8-11H2. The Kier molecular flexibility index (Phi) is 6.00. The molecule has 1 amide bonds. The van der Waals surface area contributed by atoms with Gasteiger partial charge in [0, 0.05) is 49.3 Å². The lowest BCUT2D eigenvalue weighted by atomic mass is 10.2. The quantitative estimate of drug-likeness (QED) is 0.413. The van der Waals surface area contributed by atoms with Gasteiger partial charge in [-0.1, -0.05) is 18.2 Å². The van der Waals surface area contributed by atoms with Crippen LogP contribution in [0.3, 0.4) is 0 Å². The highest BCUT2D eigenvalue weighted by atomic mass is 32.2. The number of halogens is 1. The SMILES string of the molecule is O=C(c1csc(-c2ccccc2F)n1)N1CCN(S(=O)(=O)c2cccc([N+](=O)[O-])c2)CC1. The van der Waals surface area contributed by atoms with Crippen molar-refractivity contribution in [2.24, 2.45) is 0 Å². The number of nitro benzene ring substituents is 1. The molecule has 0 atom stereocenters. The van der Waals surface area contributed by atoms with Gasteiger partial charge in [0.05, 0.1) is 9.82 Å². The van der Waals surface area contributed by atoms with Crippen LogP contribution in [0.25, 0.3) is 10.6 Å².